The summed E-state index contributed by atoms with van der Waals surface area (Å²) in [4.78, 5) is 11.1. The molecule has 0 aliphatic heterocycles. The second kappa shape index (κ2) is 6.60. The summed E-state index contributed by atoms with van der Waals surface area (Å²) in [7, 11) is 0. The second-order valence-corrected chi connectivity index (χ2v) is 5.72. The van der Waals surface area contributed by atoms with Crippen molar-refractivity contribution in [2.45, 2.75) is 10.6 Å². The fourth-order valence-electron chi connectivity index (χ4n) is 1.66. The van der Waals surface area contributed by atoms with Gasteiger partial charge in [0.25, 0.3) is 5.69 Å². The number of nitrogens with zero attached hydrogens (tertiary/aromatic N) is 1. The number of nitro groups is 1. The van der Waals surface area contributed by atoms with Crippen LogP contribution in [-0.4, -0.2) is 10.8 Å². The molecule has 108 valence electrons. The van der Waals surface area contributed by atoms with Crippen LogP contribution in [0.5, 0.6) is 0 Å². The third-order valence-corrected chi connectivity index (χ3v) is 4.22. The highest BCUT2D eigenvalue weighted by Crippen LogP contribution is 2.28. The van der Waals surface area contributed by atoms with Gasteiger partial charge in [-0.05, 0) is 23.8 Å². The quantitative estimate of drug-likeness (QED) is 0.288. The minimum absolute atomic E-state index is 0.0218. The number of benzene rings is 2. The van der Waals surface area contributed by atoms with Gasteiger partial charge in [-0.2, -0.15) is 0 Å². The van der Waals surface area contributed by atoms with E-state index in [0.717, 1.165) is 10.5 Å². The summed E-state index contributed by atoms with van der Waals surface area (Å²) < 4.78 is 0. The normalized spacial score (nSPS) is 10.3. The highest BCUT2D eigenvalue weighted by atomic mass is 35.5. The highest BCUT2D eigenvalue weighted by molar-refractivity contribution is 7.98. The Balaban J connectivity index is 2.06. The van der Waals surface area contributed by atoms with E-state index in [2.05, 4.69) is 0 Å². The van der Waals surface area contributed by atoms with Gasteiger partial charge in [0, 0.05) is 33.4 Å². The Morgan fingerprint density at radius 3 is 2.48 bits per heavy atom. The van der Waals surface area contributed by atoms with Crippen LogP contribution in [-0.2, 0) is 5.75 Å². The number of halogens is 1. The molecule has 0 fully saturated rings. The summed E-state index contributed by atoms with van der Waals surface area (Å²) in [5, 5.41) is 18.5. The van der Waals surface area contributed by atoms with Crippen molar-refractivity contribution >= 4 is 34.9 Å². The van der Waals surface area contributed by atoms with Crippen molar-refractivity contribution in [3.05, 3.63) is 68.7 Å². The fraction of sp³-hybridized carbons (Fsp3) is 0.0714. The smallest absolute Gasteiger partial charge is 0.269 e. The number of nitrogen functional groups attached to an aromatic ring is 1. The van der Waals surface area contributed by atoms with Crippen LogP contribution in [0.1, 0.15) is 11.1 Å². The van der Waals surface area contributed by atoms with E-state index >= 15 is 0 Å². The van der Waals surface area contributed by atoms with Gasteiger partial charge in [-0.25, -0.2) is 0 Å². The molecule has 2 rings (SSSR count). The van der Waals surface area contributed by atoms with Crippen molar-refractivity contribution in [2.24, 2.45) is 5.73 Å². The Morgan fingerprint density at radius 1 is 1.29 bits per heavy atom. The summed E-state index contributed by atoms with van der Waals surface area (Å²) in [5.74, 6) is 0.612. The molecular formula is C14H12ClN3O2S. The maximum atomic E-state index is 10.6. The summed E-state index contributed by atoms with van der Waals surface area (Å²) in [5.41, 5.74) is 6.98. The zero-order valence-corrected chi connectivity index (χ0v) is 12.4. The summed E-state index contributed by atoms with van der Waals surface area (Å²) in [6, 6.07) is 11.6. The number of nitro benzene ring substituents is 1. The number of rotatable bonds is 5. The first-order chi connectivity index (χ1) is 9.97. The molecule has 0 saturated heterocycles. The first kappa shape index (κ1) is 15.3. The van der Waals surface area contributed by atoms with E-state index in [9.17, 15) is 10.1 Å². The zero-order chi connectivity index (χ0) is 15.4. The van der Waals surface area contributed by atoms with E-state index < -0.39 is 4.92 Å². The van der Waals surface area contributed by atoms with Gasteiger partial charge < -0.3 is 5.73 Å². The van der Waals surface area contributed by atoms with Gasteiger partial charge in [0.1, 0.15) is 5.84 Å². The Morgan fingerprint density at radius 2 is 1.95 bits per heavy atom. The number of thioether (sulfide) groups is 1. The molecule has 0 amide bonds. The molecular weight excluding hydrogens is 310 g/mol. The van der Waals surface area contributed by atoms with Crippen LogP contribution in [0.25, 0.3) is 0 Å². The van der Waals surface area contributed by atoms with Gasteiger partial charge in [-0.1, -0.05) is 23.7 Å². The number of non-ortho nitro benzene ring substituents is 1. The number of nitrogens with one attached hydrogen (secondary N) is 1. The molecule has 2 aromatic rings. The van der Waals surface area contributed by atoms with Gasteiger partial charge in [-0.3, -0.25) is 15.5 Å². The predicted octanol–water partition coefficient (Wildman–Crippen LogP) is 3.82. The van der Waals surface area contributed by atoms with Crippen LogP contribution in [0.2, 0.25) is 5.02 Å². The summed E-state index contributed by atoms with van der Waals surface area (Å²) in [6.45, 7) is 0. The van der Waals surface area contributed by atoms with E-state index in [0.29, 0.717) is 16.3 Å². The monoisotopic (exact) mass is 321 g/mol. The van der Waals surface area contributed by atoms with Crippen molar-refractivity contribution in [1.29, 1.82) is 5.41 Å². The molecule has 5 nitrogen and oxygen atoms in total. The largest absolute Gasteiger partial charge is 0.384 e. The summed E-state index contributed by atoms with van der Waals surface area (Å²) >= 11 is 7.68. The molecule has 0 heterocycles. The maximum Gasteiger partial charge on any atom is 0.269 e. The third kappa shape index (κ3) is 3.96. The molecule has 0 aliphatic carbocycles. The minimum atomic E-state index is -0.425. The van der Waals surface area contributed by atoms with Crippen molar-refractivity contribution in [1.82, 2.24) is 0 Å². The van der Waals surface area contributed by atoms with E-state index in [1.54, 1.807) is 24.3 Å². The van der Waals surface area contributed by atoms with Crippen molar-refractivity contribution in [2.75, 3.05) is 0 Å². The molecule has 0 saturated carbocycles. The molecule has 0 radical (unpaired) electrons. The van der Waals surface area contributed by atoms with Crippen molar-refractivity contribution in [3.8, 4) is 0 Å². The van der Waals surface area contributed by atoms with Gasteiger partial charge >= 0.3 is 0 Å². The van der Waals surface area contributed by atoms with Crippen LogP contribution < -0.4 is 5.73 Å². The molecule has 21 heavy (non-hydrogen) atoms. The molecule has 0 atom stereocenters. The highest BCUT2D eigenvalue weighted by Gasteiger charge is 2.07. The van der Waals surface area contributed by atoms with Crippen molar-refractivity contribution < 1.29 is 4.92 Å². The standard InChI is InChI=1S/C14H12ClN3O2S/c15-13-7-9(14(16)17)1-2-10(13)8-21-12-5-3-11(4-6-12)18(19)20/h1-7H,8H2,(H3,16,17). The van der Waals surface area contributed by atoms with Crippen molar-refractivity contribution in [3.63, 3.8) is 0 Å². The molecule has 3 N–H and O–H groups in total. The SMILES string of the molecule is N=C(N)c1ccc(CSc2ccc([N+](=O)[O-])cc2)c(Cl)c1. The third-order valence-electron chi connectivity index (χ3n) is 2.81. The second-order valence-electron chi connectivity index (χ2n) is 4.26. The number of nitrogens with two attached hydrogens (primary N) is 1. The lowest BCUT2D eigenvalue weighted by Crippen LogP contribution is -2.10. The van der Waals surface area contributed by atoms with Crippen LogP contribution >= 0.6 is 23.4 Å². The lowest BCUT2D eigenvalue weighted by atomic mass is 10.1. The van der Waals surface area contributed by atoms with E-state index in [-0.39, 0.29) is 11.5 Å². The molecule has 0 unspecified atom stereocenters. The average Bonchev–Trinajstić information content (AvgIpc) is 2.46. The first-order valence-electron chi connectivity index (χ1n) is 5.97. The Hall–Kier alpha value is -2.05. The molecule has 0 spiro atoms. The van der Waals surface area contributed by atoms with Crippen LogP contribution in [0.15, 0.2) is 47.4 Å². The Bertz CT molecular complexity index is 689. The molecule has 0 aliphatic rings. The number of hydrogen-bond acceptors (Lipinski definition) is 4. The lowest BCUT2D eigenvalue weighted by molar-refractivity contribution is -0.384. The van der Waals surface area contributed by atoms with Gasteiger partial charge in [0.15, 0.2) is 0 Å². The Kier molecular flexibility index (Phi) is 4.82. The van der Waals surface area contributed by atoms with Gasteiger partial charge in [-0.15, -0.1) is 11.8 Å². The minimum Gasteiger partial charge on any atom is -0.384 e. The van der Waals surface area contributed by atoms with E-state index in [1.165, 1.54) is 23.9 Å². The van der Waals surface area contributed by atoms with Gasteiger partial charge in [0.05, 0.1) is 4.92 Å². The van der Waals surface area contributed by atoms with Gasteiger partial charge in [0.2, 0.25) is 0 Å². The van der Waals surface area contributed by atoms with E-state index in [1.807, 2.05) is 6.07 Å². The Labute approximate surface area is 130 Å². The fourth-order valence-corrected chi connectivity index (χ4v) is 2.89. The zero-order valence-electron chi connectivity index (χ0n) is 10.9. The van der Waals surface area contributed by atoms with E-state index in [4.69, 9.17) is 22.7 Å². The average molecular weight is 322 g/mol. The topological polar surface area (TPSA) is 93.0 Å². The molecule has 0 aromatic heterocycles. The van der Waals surface area contributed by atoms with Crippen LogP contribution in [0, 0.1) is 15.5 Å². The maximum absolute atomic E-state index is 10.6. The molecule has 0 bridgehead atoms. The predicted molar refractivity (Wildman–Crippen MR) is 85.1 cm³/mol. The lowest BCUT2D eigenvalue weighted by Gasteiger charge is -2.06. The summed E-state index contributed by atoms with van der Waals surface area (Å²) in [6.07, 6.45) is 0. The number of amidine groups is 1. The molecule has 2 aromatic carbocycles. The van der Waals surface area contributed by atoms with Crippen LogP contribution in [0.4, 0.5) is 5.69 Å². The number of hydrogen-bond donors (Lipinski definition) is 2. The first-order valence-corrected chi connectivity index (χ1v) is 7.34. The van der Waals surface area contributed by atoms with Crippen LogP contribution in [0.3, 0.4) is 0 Å². The molecule has 7 heteroatoms.